The lowest BCUT2D eigenvalue weighted by Crippen LogP contribution is -2.00. The number of benzene rings is 1. The zero-order valence-corrected chi connectivity index (χ0v) is 11.5. The molecule has 1 heterocycles. The summed E-state index contributed by atoms with van der Waals surface area (Å²) in [4.78, 5) is 10.7. The largest absolute Gasteiger partial charge is 0.432 e. The summed E-state index contributed by atoms with van der Waals surface area (Å²) in [5, 5.41) is 24.6. The minimum absolute atomic E-state index is 0.0877. The second-order valence-corrected chi connectivity index (χ2v) is 4.43. The number of aliphatic hydroxyl groups is 1. The SMILES string of the molecule is Cc1cccc(Oc2c(CO)c(C)nn2C)c1[N+](=O)[O-]. The molecule has 1 aromatic heterocycles. The molecular formula is C13H15N3O4. The summed E-state index contributed by atoms with van der Waals surface area (Å²) in [5.41, 5.74) is 1.57. The molecule has 1 N–H and O–H groups in total. The van der Waals surface area contributed by atoms with Gasteiger partial charge in [0.05, 0.1) is 22.8 Å². The minimum Gasteiger partial charge on any atom is -0.432 e. The number of rotatable bonds is 4. The number of nitro groups is 1. The number of aryl methyl sites for hydroxylation is 3. The highest BCUT2D eigenvalue weighted by Crippen LogP contribution is 2.35. The predicted octanol–water partition coefficient (Wildman–Crippen LogP) is 2.23. The van der Waals surface area contributed by atoms with E-state index in [-0.39, 0.29) is 18.0 Å². The molecule has 106 valence electrons. The number of nitrogens with zero attached hydrogens (tertiary/aromatic N) is 3. The molecule has 0 saturated heterocycles. The summed E-state index contributed by atoms with van der Waals surface area (Å²) in [6.07, 6.45) is 0. The normalized spacial score (nSPS) is 10.6. The standard InChI is InChI=1S/C13H15N3O4/c1-8-5-4-6-11(12(8)16(18)19)20-13-10(7-17)9(2)14-15(13)3/h4-6,17H,7H2,1-3H3. The van der Waals surface area contributed by atoms with Gasteiger partial charge in [0.1, 0.15) is 0 Å². The highest BCUT2D eigenvalue weighted by Gasteiger charge is 2.22. The number of nitro benzene ring substituents is 1. The molecule has 0 aliphatic carbocycles. The van der Waals surface area contributed by atoms with Crippen molar-refractivity contribution in [1.29, 1.82) is 0 Å². The van der Waals surface area contributed by atoms with Gasteiger partial charge in [-0.05, 0) is 19.9 Å². The van der Waals surface area contributed by atoms with Gasteiger partial charge in [-0.1, -0.05) is 12.1 Å². The molecule has 2 rings (SSSR count). The molecule has 0 aliphatic heterocycles. The molecule has 2 aromatic rings. The lowest BCUT2D eigenvalue weighted by atomic mass is 10.2. The number of para-hydroxylation sites is 1. The molecule has 0 radical (unpaired) electrons. The Kier molecular flexibility index (Phi) is 3.71. The molecule has 0 saturated carbocycles. The predicted molar refractivity (Wildman–Crippen MR) is 71.8 cm³/mol. The fourth-order valence-corrected chi connectivity index (χ4v) is 2.04. The van der Waals surface area contributed by atoms with Crippen LogP contribution in [0.4, 0.5) is 5.69 Å². The van der Waals surface area contributed by atoms with Crippen LogP contribution in [0.2, 0.25) is 0 Å². The van der Waals surface area contributed by atoms with E-state index in [4.69, 9.17) is 4.74 Å². The van der Waals surface area contributed by atoms with Crippen molar-refractivity contribution in [3.8, 4) is 11.6 Å². The van der Waals surface area contributed by atoms with Crippen molar-refractivity contribution in [2.24, 2.45) is 7.05 Å². The number of aromatic nitrogens is 2. The minimum atomic E-state index is -0.480. The number of aliphatic hydroxyl groups excluding tert-OH is 1. The number of hydrogen-bond acceptors (Lipinski definition) is 5. The Morgan fingerprint density at radius 2 is 2.15 bits per heavy atom. The van der Waals surface area contributed by atoms with Crippen LogP contribution in [0, 0.1) is 24.0 Å². The van der Waals surface area contributed by atoms with Crippen LogP contribution in [0.25, 0.3) is 0 Å². The summed E-state index contributed by atoms with van der Waals surface area (Å²) >= 11 is 0. The first-order chi connectivity index (χ1) is 9.45. The second-order valence-electron chi connectivity index (χ2n) is 4.43. The van der Waals surface area contributed by atoms with Gasteiger partial charge in [0, 0.05) is 12.6 Å². The molecule has 0 atom stereocenters. The monoisotopic (exact) mass is 277 g/mol. The van der Waals surface area contributed by atoms with Crippen molar-refractivity contribution in [2.75, 3.05) is 0 Å². The Balaban J connectivity index is 2.51. The highest BCUT2D eigenvalue weighted by molar-refractivity contribution is 5.53. The molecule has 0 fully saturated rings. The van der Waals surface area contributed by atoms with Gasteiger partial charge >= 0.3 is 5.69 Å². The average molecular weight is 277 g/mol. The molecular weight excluding hydrogens is 262 g/mol. The number of ether oxygens (including phenoxy) is 1. The van der Waals surface area contributed by atoms with Crippen molar-refractivity contribution in [1.82, 2.24) is 9.78 Å². The first-order valence-electron chi connectivity index (χ1n) is 6.01. The van der Waals surface area contributed by atoms with Crippen molar-refractivity contribution in [3.63, 3.8) is 0 Å². The Hall–Kier alpha value is -2.41. The van der Waals surface area contributed by atoms with E-state index >= 15 is 0 Å². The molecule has 7 nitrogen and oxygen atoms in total. The van der Waals surface area contributed by atoms with Gasteiger partial charge in [-0.2, -0.15) is 5.10 Å². The molecule has 0 amide bonds. The molecule has 0 aliphatic rings. The molecule has 1 aromatic carbocycles. The van der Waals surface area contributed by atoms with E-state index in [9.17, 15) is 15.2 Å². The molecule has 0 spiro atoms. The van der Waals surface area contributed by atoms with Crippen LogP contribution in [0.15, 0.2) is 18.2 Å². The Morgan fingerprint density at radius 1 is 1.45 bits per heavy atom. The summed E-state index contributed by atoms with van der Waals surface area (Å²) in [7, 11) is 1.66. The van der Waals surface area contributed by atoms with Crippen LogP contribution in [0.1, 0.15) is 16.8 Å². The van der Waals surface area contributed by atoms with Gasteiger partial charge < -0.3 is 9.84 Å². The summed E-state index contributed by atoms with van der Waals surface area (Å²) in [6.45, 7) is 3.14. The van der Waals surface area contributed by atoms with Gasteiger partial charge in [-0.25, -0.2) is 4.68 Å². The molecule has 0 unspecified atom stereocenters. The van der Waals surface area contributed by atoms with Crippen molar-refractivity contribution >= 4 is 5.69 Å². The van der Waals surface area contributed by atoms with E-state index < -0.39 is 4.92 Å². The van der Waals surface area contributed by atoms with E-state index in [0.29, 0.717) is 22.7 Å². The van der Waals surface area contributed by atoms with Gasteiger partial charge in [0.25, 0.3) is 0 Å². The van der Waals surface area contributed by atoms with Gasteiger partial charge in [0.15, 0.2) is 0 Å². The first kappa shape index (κ1) is 14.0. The lowest BCUT2D eigenvalue weighted by molar-refractivity contribution is -0.386. The van der Waals surface area contributed by atoms with Crippen LogP contribution < -0.4 is 4.74 Å². The number of hydrogen-bond donors (Lipinski definition) is 1. The van der Waals surface area contributed by atoms with E-state index in [2.05, 4.69) is 5.10 Å². The van der Waals surface area contributed by atoms with Crippen molar-refractivity contribution in [2.45, 2.75) is 20.5 Å². The van der Waals surface area contributed by atoms with Crippen LogP contribution in [-0.4, -0.2) is 19.8 Å². The van der Waals surface area contributed by atoms with E-state index in [0.717, 1.165) is 0 Å². The lowest BCUT2D eigenvalue weighted by Gasteiger charge is -2.09. The van der Waals surface area contributed by atoms with Crippen LogP contribution >= 0.6 is 0 Å². The Labute approximate surface area is 115 Å². The fraction of sp³-hybridized carbons (Fsp3) is 0.308. The molecule has 7 heteroatoms. The maximum atomic E-state index is 11.1. The third-order valence-electron chi connectivity index (χ3n) is 3.04. The van der Waals surface area contributed by atoms with E-state index in [1.54, 1.807) is 33.0 Å². The van der Waals surface area contributed by atoms with Crippen LogP contribution in [0.5, 0.6) is 11.6 Å². The van der Waals surface area contributed by atoms with E-state index in [1.165, 1.54) is 10.7 Å². The highest BCUT2D eigenvalue weighted by atomic mass is 16.6. The zero-order valence-electron chi connectivity index (χ0n) is 11.5. The summed E-state index contributed by atoms with van der Waals surface area (Å²) in [5.74, 6) is 0.436. The maximum Gasteiger partial charge on any atom is 0.314 e. The van der Waals surface area contributed by atoms with Crippen molar-refractivity contribution < 1.29 is 14.8 Å². The third-order valence-corrected chi connectivity index (χ3v) is 3.04. The Bertz CT molecular complexity index is 664. The van der Waals surface area contributed by atoms with Gasteiger partial charge in [-0.3, -0.25) is 10.1 Å². The first-order valence-corrected chi connectivity index (χ1v) is 6.01. The summed E-state index contributed by atoms with van der Waals surface area (Å²) in [6, 6.07) is 4.85. The Morgan fingerprint density at radius 3 is 2.75 bits per heavy atom. The fourth-order valence-electron chi connectivity index (χ4n) is 2.04. The zero-order chi connectivity index (χ0) is 14.9. The average Bonchev–Trinajstić information content (AvgIpc) is 2.63. The van der Waals surface area contributed by atoms with Crippen LogP contribution in [-0.2, 0) is 13.7 Å². The van der Waals surface area contributed by atoms with Crippen molar-refractivity contribution in [3.05, 3.63) is 45.1 Å². The molecule has 20 heavy (non-hydrogen) atoms. The smallest absolute Gasteiger partial charge is 0.314 e. The second kappa shape index (κ2) is 5.30. The summed E-state index contributed by atoms with van der Waals surface area (Å²) < 4.78 is 7.08. The topological polar surface area (TPSA) is 90.4 Å². The van der Waals surface area contributed by atoms with Gasteiger partial charge in [0.2, 0.25) is 11.6 Å². The van der Waals surface area contributed by atoms with E-state index in [1.807, 2.05) is 0 Å². The quantitative estimate of drug-likeness (QED) is 0.683. The van der Waals surface area contributed by atoms with Gasteiger partial charge in [-0.15, -0.1) is 0 Å². The van der Waals surface area contributed by atoms with Crippen LogP contribution in [0.3, 0.4) is 0 Å². The molecule has 0 bridgehead atoms. The maximum absolute atomic E-state index is 11.1. The third kappa shape index (κ3) is 2.35.